The third kappa shape index (κ3) is 2.76. The van der Waals surface area contributed by atoms with Gasteiger partial charge in [0, 0.05) is 17.3 Å². The Bertz CT molecular complexity index is 347. The molecule has 0 aromatic carbocycles. The Morgan fingerprint density at radius 1 is 1.60 bits per heavy atom. The van der Waals surface area contributed by atoms with E-state index in [9.17, 15) is 4.79 Å². The second-order valence-electron chi connectivity index (χ2n) is 3.40. The highest BCUT2D eigenvalue weighted by atomic mass is 79.9. The Morgan fingerprint density at radius 3 is 3.07 bits per heavy atom. The first-order valence-corrected chi connectivity index (χ1v) is 5.55. The van der Waals surface area contributed by atoms with Crippen molar-refractivity contribution < 1.29 is 9.53 Å². The number of hydrogen-bond donors (Lipinski definition) is 1. The first-order chi connectivity index (χ1) is 7.25. The van der Waals surface area contributed by atoms with Crippen LogP contribution < -0.4 is 5.32 Å². The van der Waals surface area contributed by atoms with Crippen LogP contribution in [0.1, 0.15) is 16.9 Å². The summed E-state index contributed by atoms with van der Waals surface area (Å²) in [6.45, 7) is 1.32. The van der Waals surface area contributed by atoms with Crippen LogP contribution in [-0.2, 0) is 4.74 Å². The molecule has 2 rings (SSSR count). The highest BCUT2D eigenvalue weighted by molar-refractivity contribution is 9.10. The maximum atomic E-state index is 11.7. The lowest BCUT2D eigenvalue weighted by Gasteiger charge is -2.09. The molecule has 1 saturated heterocycles. The molecule has 0 radical (unpaired) electrons. The molecule has 2 heterocycles. The van der Waals surface area contributed by atoms with E-state index in [0.717, 1.165) is 17.5 Å². The van der Waals surface area contributed by atoms with Gasteiger partial charge in [-0.3, -0.25) is 4.79 Å². The Hall–Kier alpha value is -0.940. The fourth-order valence-corrected chi connectivity index (χ4v) is 1.65. The number of pyridine rings is 1. The molecule has 80 valence electrons. The number of rotatable bonds is 2. The van der Waals surface area contributed by atoms with Crippen LogP contribution in [0.15, 0.2) is 22.8 Å². The standard InChI is InChI=1S/C10H11BrN2O2/c11-7-1-2-9(12-5-7)10(14)13-8-3-4-15-6-8/h1-2,5,8H,3-4,6H2,(H,13,14)/t8-/m1/s1. The smallest absolute Gasteiger partial charge is 0.270 e. The van der Waals surface area contributed by atoms with Gasteiger partial charge in [-0.15, -0.1) is 0 Å². The van der Waals surface area contributed by atoms with E-state index in [4.69, 9.17) is 4.74 Å². The van der Waals surface area contributed by atoms with Gasteiger partial charge in [0.05, 0.1) is 12.6 Å². The zero-order valence-electron chi connectivity index (χ0n) is 8.07. The van der Waals surface area contributed by atoms with Crippen LogP contribution in [-0.4, -0.2) is 30.1 Å². The molecule has 1 aliphatic rings. The minimum absolute atomic E-state index is 0.128. The lowest BCUT2D eigenvalue weighted by molar-refractivity contribution is 0.0925. The zero-order chi connectivity index (χ0) is 10.7. The van der Waals surface area contributed by atoms with E-state index in [1.54, 1.807) is 18.3 Å². The molecule has 1 aliphatic heterocycles. The molecule has 1 amide bonds. The van der Waals surface area contributed by atoms with Gasteiger partial charge in [0.25, 0.3) is 5.91 Å². The highest BCUT2D eigenvalue weighted by Gasteiger charge is 2.18. The van der Waals surface area contributed by atoms with Gasteiger partial charge in [-0.1, -0.05) is 0 Å². The number of carbonyl (C=O) groups is 1. The molecule has 1 fully saturated rings. The zero-order valence-corrected chi connectivity index (χ0v) is 9.66. The normalized spacial score (nSPS) is 20.2. The molecule has 1 N–H and O–H groups in total. The quantitative estimate of drug-likeness (QED) is 0.883. The van der Waals surface area contributed by atoms with Crippen molar-refractivity contribution in [1.29, 1.82) is 0 Å². The number of aromatic nitrogens is 1. The maximum absolute atomic E-state index is 11.7. The summed E-state index contributed by atoms with van der Waals surface area (Å²) in [4.78, 5) is 15.7. The minimum atomic E-state index is -0.141. The summed E-state index contributed by atoms with van der Waals surface area (Å²) in [5.74, 6) is -0.141. The molecule has 0 bridgehead atoms. The molecule has 0 spiro atoms. The highest BCUT2D eigenvalue weighted by Crippen LogP contribution is 2.08. The molecule has 0 saturated carbocycles. The van der Waals surface area contributed by atoms with E-state index in [-0.39, 0.29) is 11.9 Å². The van der Waals surface area contributed by atoms with Crippen molar-refractivity contribution >= 4 is 21.8 Å². The number of ether oxygens (including phenoxy) is 1. The van der Waals surface area contributed by atoms with Gasteiger partial charge in [0.15, 0.2) is 0 Å². The maximum Gasteiger partial charge on any atom is 0.270 e. The van der Waals surface area contributed by atoms with Crippen LogP contribution in [0.25, 0.3) is 0 Å². The number of nitrogens with one attached hydrogen (secondary N) is 1. The summed E-state index contributed by atoms with van der Waals surface area (Å²) in [5.41, 5.74) is 0.435. The molecule has 4 nitrogen and oxygen atoms in total. The second-order valence-corrected chi connectivity index (χ2v) is 4.31. The van der Waals surface area contributed by atoms with Crippen molar-refractivity contribution in [2.24, 2.45) is 0 Å². The summed E-state index contributed by atoms with van der Waals surface area (Å²) < 4.78 is 6.03. The Balaban J connectivity index is 1.98. The van der Waals surface area contributed by atoms with Crippen LogP contribution in [0.3, 0.4) is 0 Å². The van der Waals surface area contributed by atoms with Crippen LogP contribution in [0.4, 0.5) is 0 Å². The SMILES string of the molecule is O=C(N[C@@H]1CCOC1)c1ccc(Br)cn1. The fourth-order valence-electron chi connectivity index (χ4n) is 1.42. The van der Waals surface area contributed by atoms with Gasteiger partial charge in [-0.25, -0.2) is 4.98 Å². The van der Waals surface area contributed by atoms with E-state index >= 15 is 0 Å². The summed E-state index contributed by atoms with van der Waals surface area (Å²) in [6.07, 6.45) is 2.49. The third-order valence-corrected chi connectivity index (χ3v) is 2.69. The van der Waals surface area contributed by atoms with Crippen LogP contribution in [0, 0.1) is 0 Å². The summed E-state index contributed by atoms with van der Waals surface area (Å²) >= 11 is 3.27. The van der Waals surface area contributed by atoms with Crippen molar-refractivity contribution in [1.82, 2.24) is 10.3 Å². The van der Waals surface area contributed by atoms with E-state index < -0.39 is 0 Å². The number of carbonyl (C=O) groups excluding carboxylic acids is 1. The largest absolute Gasteiger partial charge is 0.379 e. The summed E-state index contributed by atoms with van der Waals surface area (Å²) in [5, 5.41) is 2.87. The van der Waals surface area contributed by atoms with Gasteiger partial charge < -0.3 is 10.1 Å². The number of halogens is 1. The van der Waals surface area contributed by atoms with Crippen molar-refractivity contribution in [3.05, 3.63) is 28.5 Å². The lowest BCUT2D eigenvalue weighted by atomic mass is 10.2. The van der Waals surface area contributed by atoms with E-state index in [2.05, 4.69) is 26.2 Å². The first kappa shape index (κ1) is 10.6. The average molecular weight is 271 g/mol. The van der Waals surface area contributed by atoms with Gasteiger partial charge in [0.1, 0.15) is 5.69 Å². The molecule has 15 heavy (non-hydrogen) atoms. The topological polar surface area (TPSA) is 51.2 Å². The van der Waals surface area contributed by atoms with Crippen LogP contribution in [0.5, 0.6) is 0 Å². The van der Waals surface area contributed by atoms with Crippen molar-refractivity contribution in [2.45, 2.75) is 12.5 Å². The van der Waals surface area contributed by atoms with E-state index in [1.807, 2.05) is 0 Å². The summed E-state index contributed by atoms with van der Waals surface area (Å²) in [6, 6.07) is 3.62. The number of nitrogens with zero attached hydrogens (tertiary/aromatic N) is 1. The predicted octanol–water partition coefficient (Wildman–Crippen LogP) is 1.36. The van der Waals surface area contributed by atoms with Crippen molar-refractivity contribution in [3.63, 3.8) is 0 Å². The first-order valence-electron chi connectivity index (χ1n) is 4.76. The summed E-state index contributed by atoms with van der Waals surface area (Å²) in [7, 11) is 0. The lowest BCUT2D eigenvalue weighted by Crippen LogP contribution is -2.35. The number of hydrogen-bond acceptors (Lipinski definition) is 3. The molecular formula is C10H11BrN2O2. The van der Waals surface area contributed by atoms with Crippen molar-refractivity contribution in [2.75, 3.05) is 13.2 Å². The average Bonchev–Trinajstić information content (AvgIpc) is 2.71. The predicted molar refractivity (Wildman–Crippen MR) is 58.6 cm³/mol. The molecule has 1 aromatic heterocycles. The van der Waals surface area contributed by atoms with E-state index in [1.165, 1.54) is 0 Å². The fraction of sp³-hybridized carbons (Fsp3) is 0.400. The van der Waals surface area contributed by atoms with Crippen molar-refractivity contribution in [3.8, 4) is 0 Å². The molecule has 0 aliphatic carbocycles. The number of amides is 1. The Morgan fingerprint density at radius 2 is 2.47 bits per heavy atom. The van der Waals surface area contributed by atoms with E-state index in [0.29, 0.717) is 12.3 Å². The Labute approximate surface area is 96.2 Å². The second kappa shape index (κ2) is 4.72. The van der Waals surface area contributed by atoms with Crippen LogP contribution >= 0.6 is 15.9 Å². The van der Waals surface area contributed by atoms with Gasteiger partial charge in [-0.05, 0) is 34.5 Å². The van der Waals surface area contributed by atoms with Gasteiger partial charge in [-0.2, -0.15) is 0 Å². The molecule has 5 heteroatoms. The van der Waals surface area contributed by atoms with Crippen LogP contribution in [0.2, 0.25) is 0 Å². The molecule has 0 unspecified atom stereocenters. The minimum Gasteiger partial charge on any atom is -0.379 e. The monoisotopic (exact) mass is 270 g/mol. The third-order valence-electron chi connectivity index (χ3n) is 2.22. The molecule has 1 atom stereocenters. The van der Waals surface area contributed by atoms with Gasteiger partial charge in [0.2, 0.25) is 0 Å². The molecular weight excluding hydrogens is 260 g/mol. The Kier molecular flexibility index (Phi) is 3.33. The molecule has 1 aromatic rings. The van der Waals surface area contributed by atoms with Gasteiger partial charge >= 0.3 is 0 Å².